The number of anilines is 1. The second kappa shape index (κ2) is 8.83. The van der Waals surface area contributed by atoms with Crippen molar-refractivity contribution in [1.29, 1.82) is 0 Å². The molecule has 2 aromatic heterocycles. The second-order valence-electron chi connectivity index (χ2n) is 7.47. The molecule has 0 spiro atoms. The molecule has 1 amide bonds. The minimum absolute atomic E-state index is 0.163. The Balaban J connectivity index is 1.75. The first-order valence-corrected chi connectivity index (χ1v) is 10.3. The van der Waals surface area contributed by atoms with Gasteiger partial charge in [-0.1, -0.05) is 17.7 Å². The van der Waals surface area contributed by atoms with Crippen LogP contribution in [0, 0.1) is 0 Å². The Morgan fingerprint density at radius 3 is 2.59 bits per heavy atom. The quantitative estimate of drug-likeness (QED) is 0.384. The molecular weight excluding hydrogens is 471 g/mol. The molecule has 0 aliphatic rings. The normalized spacial score (nSPS) is 11.5. The number of nitrogens with zero attached hydrogens (tertiary/aromatic N) is 2. The summed E-state index contributed by atoms with van der Waals surface area (Å²) in [5.41, 5.74) is 0.174. The van der Waals surface area contributed by atoms with Crippen molar-refractivity contribution < 1.29 is 22.7 Å². The maximum absolute atomic E-state index is 13.0. The molecule has 0 saturated carbocycles. The van der Waals surface area contributed by atoms with Crippen molar-refractivity contribution in [2.45, 2.75) is 6.18 Å². The van der Waals surface area contributed by atoms with Gasteiger partial charge in [-0.05, 0) is 48.0 Å². The molecule has 0 radical (unpaired) electrons. The van der Waals surface area contributed by atoms with E-state index in [4.69, 9.17) is 16.3 Å². The van der Waals surface area contributed by atoms with Gasteiger partial charge in [-0.3, -0.25) is 9.59 Å². The van der Waals surface area contributed by atoms with Gasteiger partial charge in [0.15, 0.2) is 0 Å². The molecule has 4 aromatic rings. The highest BCUT2D eigenvalue weighted by atomic mass is 35.5. The smallest absolute Gasteiger partial charge is 0.416 e. The Labute approximate surface area is 196 Å². The maximum Gasteiger partial charge on any atom is 0.416 e. The third kappa shape index (κ3) is 4.60. The Morgan fingerprint density at radius 2 is 1.88 bits per heavy atom. The number of aromatic nitrogens is 2. The highest BCUT2D eigenvalue weighted by Gasteiger charge is 2.31. The Bertz CT molecular complexity index is 1480. The van der Waals surface area contributed by atoms with E-state index in [1.807, 2.05) is 0 Å². The summed E-state index contributed by atoms with van der Waals surface area (Å²) in [5.74, 6) is -0.399. The van der Waals surface area contributed by atoms with E-state index in [0.29, 0.717) is 27.8 Å². The molecule has 6 nitrogen and oxygen atoms in total. The average molecular weight is 488 g/mol. The zero-order valence-electron chi connectivity index (χ0n) is 17.9. The summed E-state index contributed by atoms with van der Waals surface area (Å²) in [6.07, 6.45) is -3.04. The lowest BCUT2D eigenvalue weighted by atomic mass is 10.0. The number of fused-ring (bicyclic) bond motifs is 1. The highest BCUT2D eigenvalue weighted by Crippen LogP contribution is 2.31. The van der Waals surface area contributed by atoms with E-state index in [2.05, 4.69) is 10.3 Å². The number of methoxy groups -OCH3 is 1. The molecule has 0 atom stereocenters. The zero-order chi connectivity index (χ0) is 24.6. The first-order chi connectivity index (χ1) is 16.1. The van der Waals surface area contributed by atoms with Gasteiger partial charge < -0.3 is 14.6 Å². The summed E-state index contributed by atoms with van der Waals surface area (Å²) >= 11 is 5.95. The van der Waals surface area contributed by atoms with Crippen molar-refractivity contribution >= 4 is 34.1 Å². The van der Waals surface area contributed by atoms with Gasteiger partial charge in [-0.25, -0.2) is 4.98 Å². The molecule has 0 saturated heterocycles. The summed E-state index contributed by atoms with van der Waals surface area (Å²) < 4.78 is 45.8. The predicted molar refractivity (Wildman–Crippen MR) is 123 cm³/mol. The molecule has 0 unspecified atom stereocenters. The molecular formula is C24H17ClF3N3O3. The van der Waals surface area contributed by atoms with Gasteiger partial charge in [0.1, 0.15) is 10.9 Å². The van der Waals surface area contributed by atoms with Crippen molar-refractivity contribution in [1.82, 2.24) is 9.55 Å². The first-order valence-electron chi connectivity index (χ1n) is 9.90. The first kappa shape index (κ1) is 23.3. The van der Waals surface area contributed by atoms with Crippen LogP contribution in [0.25, 0.3) is 22.0 Å². The number of benzene rings is 2. The molecule has 4 rings (SSSR count). The Morgan fingerprint density at radius 1 is 1.12 bits per heavy atom. The van der Waals surface area contributed by atoms with Crippen molar-refractivity contribution in [3.8, 4) is 16.9 Å². The van der Waals surface area contributed by atoms with Crippen LogP contribution in [-0.4, -0.2) is 22.6 Å². The van der Waals surface area contributed by atoms with E-state index in [1.54, 1.807) is 31.3 Å². The van der Waals surface area contributed by atoms with Crippen LogP contribution in [0.4, 0.5) is 18.9 Å². The number of ether oxygens (including phenoxy) is 1. The molecule has 34 heavy (non-hydrogen) atoms. The molecule has 2 aromatic carbocycles. The van der Waals surface area contributed by atoms with E-state index in [0.717, 1.165) is 18.2 Å². The topological polar surface area (TPSA) is 73.2 Å². The molecule has 0 aliphatic carbocycles. The maximum atomic E-state index is 13.0. The van der Waals surface area contributed by atoms with Crippen LogP contribution in [0.3, 0.4) is 0 Å². The van der Waals surface area contributed by atoms with Gasteiger partial charge in [0.25, 0.3) is 11.5 Å². The number of hydrogen-bond donors (Lipinski definition) is 1. The molecule has 174 valence electrons. The number of carbonyl (C=O) groups excluding carboxylic acids is 1. The molecule has 0 fully saturated rings. The van der Waals surface area contributed by atoms with Crippen molar-refractivity contribution in [3.63, 3.8) is 0 Å². The third-order valence-corrected chi connectivity index (χ3v) is 5.44. The van der Waals surface area contributed by atoms with Crippen LogP contribution < -0.4 is 15.6 Å². The summed E-state index contributed by atoms with van der Waals surface area (Å²) in [6.45, 7) is 0. The van der Waals surface area contributed by atoms with Crippen molar-refractivity contribution in [3.05, 3.63) is 87.4 Å². The minimum Gasteiger partial charge on any atom is -0.497 e. The van der Waals surface area contributed by atoms with Crippen LogP contribution in [0.15, 0.2) is 65.6 Å². The number of aryl methyl sites for hydroxylation is 1. The van der Waals surface area contributed by atoms with Gasteiger partial charge in [0.2, 0.25) is 0 Å². The van der Waals surface area contributed by atoms with Crippen LogP contribution >= 0.6 is 11.6 Å². The number of amides is 1. The summed E-state index contributed by atoms with van der Waals surface area (Å²) in [5, 5.41) is 3.49. The van der Waals surface area contributed by atoms with E-state index >= 15 is 0 Å². The number of nitrogens with one attached hydrogen (secondary N) is 1. The fraction of sp³-hybridized carbons (Fsp3) is 0.125. The summed E-state index contributed by atoms with van der Waals surface area (Å²) in [6, 6.07) is 12.0. The summed E-state index contributed by atoms with van der Waals surface area (Å²) in [7, 11) is 3.02. The average Bonchev–Trinajstić information content (AvgIpc) is 2.81. The van der Waals surface area contributed by atoms with E-state index in [-0.39, 0.29) is 22.0 Å². The molecule has 2 heterocycles. The third-order valence-electron chi connectivity index (χ3n) is 5.24. The van der Waals surface area contributed by atoms with Gasteiger partial charge in [0.05, 0.1) is 18.2 Å². The highest BCUT2D eigenvalue weighted by molar-refractivity contribution is 6.30. The van der Waals surface area contributed by atoms with Crippen LogP contribution in [0.1, 0.15) is 15.9 Å². The van der Waals surface area contributed by atoms with Crippen molar-refractivity contribution in [2.24, 2.45) is 7.05 Å². The standard InChI is InChI=1S/C24H17ClF3N3O3/c1-31-20-11-21(25)29-12-15(20)9-19(23(31)33)14-7-17(10-18(8-14)34-2)30-22(32)13-4-3-5-16(6-13)24(26,27)28/h3-12H,1-2H3,(H,30,32). The lowest BCUT2D eigenvalue weighted by molar-refractivity contribution is -0.137. The zero-order valence-corrected chi connectivity index (χ0v) is 18.7. The lowest BCUT2D eigenvalue weighted by Gasteiger charge is -2.13. The second-order valence-corrected chi connectivity index (χ2v) is 7.86. The van der Waals surface area contributed by atoms with Gasteiger partial charge in [0, 0.05) is 41.5 Å². The van der Waals surface area contributed by atoms with Gasteiger partial charge in [-0.2, -0.15) is 13.2 Å². The lowest BCUT2D eigenvalue weighted by Crippen LogP contribution is -2.19. The minimum atomic E-state index is -4.57. The fourth-order valence-corrected chi connectivity index (χ4v) is 3.68. The number of pyridine rings is 2. The molecule has 0 aliphatic heterocycles. The number of rotatable bonds is 4. The van der Waals surface area contributed by atoms with Crippen LogP contribution in [0.2, 0.25) is 5.15 Å². The van der Waals surface area contributed by atoms with E-state index in [1.165, 1.54) is 30.0 Å². The van der Waals surface area contributed by atoms with Crippen LogP contribution in [0.5, 0.6) is 5.75 Å². The molecule has 0 bridgehead atoms. The largest absolute Gasteiger partial charge is 0.497 e. The number of halogens is 4. The number of hydrogen-bond acceptors (Lipinski definition) is 4. The predicted octanol–water partition coefficient (Wildman–Crippen LogP) is 5.53. The van der Waals surface area contributed by atoms with Gasteiger partial charge >= 0.3 is 6.18 Å². The fourth-order valence-electron chi connectivity index (χ4n) is 3.53. The Kier molecular flexibility index (Phi) is 6.05. The summed E-state index contributed by atoms with van der Waals surface area (Å²) in [4.78, 5) is 29.8. The molecule has 10 heteroatoms. The van der Waals surface area contributed by atoms with E-state index in [9.17, 15) is 22.8 Å². The van der Waals surface area contributed by atoms with Gasteiger partial charge in [-0.15, -0.1) is 0 Å². The Hall–Kier alpha value is -3.85. The monoisotopic (exact) mass is 487 g/mol. The SMILES string of the molecule is COc1cc(NC(=O)c2cccc(C(F)(F)F)c2)cc(-c2cc3cnc(Cl)cc3n(C)c2=O)c1. The number of alkyl halides is 3. The molecule has 1 N–H and O–H groups in total. The number of carbonyl (C=O) groups is 1. The van der Waals surface area contributed by atoms with E-state index < -0.39 is 17.6 Å². The van der Waals surface area contributed by atoms with Crippen molar-refractivity contribution in [2.75, 3.05) is 12.4 Å². The van der Waals surface area contributed by atoms with Crippen LogP contribution in [-0.2, 0) is 13.2 Å².